The Morgan fingerprint density at radius 2 is 1.53 bits per heavy atom. The molecular formula is C23H23ClN2O3S. The number of carbonyl (C=O) groups excluding carboxylic acids is 1. The number of hydrogen-bond donors (Lipinski definition) is 0. The van der Waals surface area contributed by atoms with Gasteiger partial charge in [-0.15, -0.1) is 0 Å². The van der Waals surface area contributed by atoms with E-state index in [4.69, 9.17) is 11.6 Å². The zero-order valence-corrected chi connectivity index (χ0v) is 18.6. The molecular weight excluding hydrogens is 420 g/mol. The predicted molar refractivity (Wildman–Crippen MR) is 122 cm³/mol. The highest BCUT2D eigenvalue weighted by Crippen LogP contribution is 2.31. The van der Waals surface area contributed by atoms with E-state index in [0.29, 0.717) is 22.0 Å². The normalized spacial score (nSPS) is 11.2. The zero-order chi connectivity index (χ0) is 21.9. The molecule has 0 atom stereocenters. The predicted octanol–water partition coefficient (Wildman–Crippen LogP) is 4.82. The van der Waals surface area contributed by atoms with Gasteiger partial charge in [0.25, 0.3) is 10.0 Å². The topological polar surface area (TPSA) is 57.7 Å². The minimum atomic E-state index is -3.99. The van der Waals surface area contributed by atoms with E-state index in [1.165, 1.54) is 4.90 Å². The van der Waals surface area contributed by atoms with Crippen molar-refractivity contribution < 1.29 is 13.2 Å². The van der Waals surface area contributed by atoms with Crippen LogP contribution >= 0.6 is 11.6 Å². The Labute approximate surface area is 182 Å². The Hall–Kier alpha value is -2.83. The van der Waals surface area contributed by atoms with Gasteiger partial charge >= 0.3 is 0 Å². The first-order valence-electron chi connectivity index (χ1n) is 9.38. The Balaban J connectivity index is 2.05. The molecule has 0 heterocycles. The molecule has 0 aliphatic heterocycles. The lowest BCUT2D eigenvalue weighted by Crippen LogP contribution is -2.42. The van der Waals surface area contributed by atoms with Crippen LogP contribution in [0, 0.1) is 13.8 Å². The van der Waals surface area contributed by atoms with E-state index in [1.807, 2.05) is 25.1 Å². The average Bonchev–Trinajstić information content (AvgIpc) is 2.74. The summed E-state index contributed by atoms with van der Waals surface area (Å²) < 4.78 is 28.2. The van der Waals surface area contributed by atoms with Crippen molar-refractivity contribution >= 4 is 38.9 Å². The number of amides is 1. The van der Waals surface area contributed by atoms with E-state index in [0.717, 1.165) is 9.87 Å². The fraction of sp³-hybridized carbons (Fsp3) is 0.174. The van der Waals surface area contributed by atoms with E-state index in [9.17, 15) is 13.2 Å². The quantitative estimate of drug-likeness (QED) is 0.550. The molecule has 0 aromatic heterocycles. The summed E-state index contributed by atoms with van der Waals surface area (Å²) in [6, 6.07) is 20.6. The van der Waals surface area contributed by atoms with Crippen LogP contribution in [0.4, 0.5) is 11.4 Å². The zero-order valence-electron chi connectivity index (χ0n) is 17.0. The molecule has 1 amide bonds. The summed E-state index contributed by atoms with van der Waals surface area (Å²) in [5.41, 5.74) is 2.58. The molecule has 0 fully saturated rings. The molecule has 0 spiro atoms. The van der Waals surface area contributed by atoms with Crippen molar-refractivity contribution in [3.63, 3.8) is 0 Å². The SMILES string of the molecule is Cc1ccc(S(=O)(=O)N(CC(=O)N(C)c2ccccc2)c2cccc(Cl)c2C)cc1. The number of halogens is 1. The van der Waals surface area contributed by atoms with Crippen molar-refractivity contribution in [1.82, 2.24) is 0 Å². The second kappa shape index (κ2) is 8.90. The minimum absolute atomic E-state index is 0.114. The van der Waals surface area contributed by atoms with Crippen molar-refractivity contribution in [1.29, 1.82) is 0 Å². The number of benzene rings is 3. The molecule has 0 unspecified atom stereocenters. The maximum Gasteiger partial charge on any atom is 0.264 e. The number of aryl methyl sites for hydroxylation is 1. The highest BCUT2D eigenvalue weighted by Gasteiger charge is 2.30. The molecule has 0 bridgehead atoms. The molecule has 3 aromatic rings. The van der Waals surface area contributed by atoms with Gasteiger partial charge < -0.3 is 4.90 Å². The monoisotopic (exact) mass is 442 g/mol. The molecule has 30 heavy (non-hydrogen) atoms. The van der Waals surface area contributed by atoms with Gasteiger partial charge in [0.2, 0.25) is 5.91 Å². The van der Waals surface area contributed by atoms with E-state index in [1.54, 1.807) is 68.6 Å². The van der Waals surface area contributed by atoms with Gasteiger partial charge in [0.1, 0.15) is 6.54 Å². The highest BCUT2D eigenvalue weighted by atomic mass is 35.5. The second-order valence-electron chi connectivity index (χ2n) is 7.00. The maximum atomic E-state index is 13.5. The first-order chi connectivity index (χ1) is 14.2. The molecule has 156 valence electrons. The number of carbonyl (C=O) groups is 1. The molecule has 0 radical (unpaired) electrons. The van der Waals surface area contributed by atoms with Gasteiger partial charge in [-0.2, -0.15) is 0 Å². The largest absolute Gasteiger partial charge is 0.314 e. The number of para-hydroxylation sites is 1. The molecule has 0 aliphatic rings. The molecule has 3 aromatic carbocycles. The summed E-state index contributed by atoms with van der Waals surface area (Å²) >= 11 is 6.25. The van der Waals surface area contributed by atoms with Crippen LogP contribution in [0.5, 0.6) is 0 Å². The lowest BCUT2D eigenvalue weighted by molar-refractivity contribution is -0.116. The standard InChI is InChI=1S/C23H23ClN2O3S/c1-17-12-14-20(15-13-17)30(28,29)26(22-11-7-10-21(24)18(22)2)16-23(27)25(3)19-8-5-4-6-9-19/h4-15H,16H2,1-3H3. The maximum absolute atomic E-state index is 13.5. The highest BCUT2D eigenvalue weighted by molar-refractivity contribution is 7.92. The molecule has 0 saturated heterocycles. The van der Waals surface area contributed by atoms with Crippen LogP contribution in [0.25, 0.3) is 0 Å². The van der Waals surface area contributed by atoms with E-state index in [-0.39, 0.29) is 17.3 Å². The summed E-state index contributed by atoms with van der Waals surface area (Å²) in [6.45, 7) is 3.26. The number of hydrogen-bond acceptors (Lipinski definition) is 3. The Kier molecular flexibility index (Phi) is 6.48. The third kappa shape index (κ3) is 4.50. The van der Waals surface area contributed by atoms with Gasteiger partial charge in [-0.3, -0.25) is 9.10 Å². The third-order valence-corrected chi connectivity index (χ3v) is 7.10. The van der Waals surface area contributed by atoms with E-state index < -0.39 is 10.0 Å². The number of nitrogens with zero attached hydrogens (tertiary/aromatic N) is 2. The van der Waals surface area contributed by atoms with Gasteiger partial charge in [-0.25, -0.2) is 8.42 Å². The van der Waals surface area contributed by atoms with Crippen LogP contribution in [-0.4, -0.2) is 27.9 Å². The fourth-order valence-electron chi connectivity index (χ4n) is 3.03. The minimum Gasteiger partial charge on any atom is -0.314 e. The number of anilines is 2. The fourth-order valence-corrected chi connectivity index (χ4v) is 4.67. The Morgan fingerprint density at radius 3 is 2.17 bits per heavy atom. The van der Waals surface area contributed by atoms with Crippen LogP contribution in [-0.2, 0) is 14.8 Å². The Bertz CT molecular complexity index is 1150. The van der Waals surface area contributed by atoms with Gasteiger partial charge in [-0.1, -0.05) is 53.6 Å². The van der Waals surface area contributed by atoms with Crippen LogP contribution in [0.3, 0.4) is 0 Å². The van der Waals surface area contributed by atoms with Crippen molar-refractivity contribution in [3.8, 4) is 0 Å². The van der Waals surface area contributed by atoms with Crippen LogP contribution < -0.4 is 9.21 Å². The molecule has 0 aliphatic carbocycles. The molecule has 0 saturated carbocycles. The summed E-state index contributed by atoms with van der Waals surface area (Å²) in [6.07, 6.45) is 0. The van der Waals surface area contributed by atoms with E-state index >= 15 is 0 Å². The first-order valence-corrected chi connectivity index (χ1v) is 11.2. The van der Waals surface area contributed by atoms with Crippen molar-refractivity contribution in [2.75, 3.05) is 22.8 Å². The van der Waals surface area contributed by atoms with Crippen LogP contribution in [0.1, 0.15) is 11.1 Å². The summed E-state index contributed by atoms with van der Waals surface area (Å²) in [7, 11) is -2.37. The smallest absolute Gasteiger partial charge is 0.264 e. The summed E-state index contributed by atoms with van der Waals surface area (Å²) in [4.78, 5) is 14.6. The van der Waals surface area contributed by atoms with Crippen LogP contribution in [0.15, 0.2) is 77.7 Å². The van der Waals surface area contributed by atoms with Crippen molar-refractivity contribution in [2.45, 2.75) is 18.7 Å². The molecule has 7 heteroatoms. The van der Waals surface area contributed by atoms with Crippen LogP contribution in [0.2, 0.25) is 5.02 Å². The third-order valence-electron chi connectivity index (χ3n) is 4.91. The van der Waals surface area contributed by atoms with E-state index in [2.05, 4.69) is 0 Å². The number of likely N-dealkylation sites (N-methyl/N-ethyl adjacent to an activating group) is 1. The van der Waals surface area contributed by atoms with Gasteiger partial charge in [0.05, 0.1) is 10.6 Å². The molecule has 3 rings (SSSR count). The average molecular weight is 443 g/mol. The van der Waals surface area contributed by atoms with Crippen molar-refractivity contribution in [3.05, 3.63) is 88.9 Å². The number of rotatable bonds is 6. The summed E-state index contributed by atoms with van der Waals surface area (Å²) in [5, 5.41) is 0.431. The van der Waals surface area contributed by atoms with Gasteiger partial charge in [0, 0.05) is 17.8 Å². The summed E-state index contributed by atoms with van der Waals surface area (Å²) in [5.74, 6) is -0.365. The van der Waals surface area contributed by atoms with Gasteiger partial charge in [-0.05, 0) is 55.8 Å². The first kappa shape index (κ1) is 21.9. The lowest BCUT2D eigenvalue weighted by Gasteiger charge is -2.28. The van der Waals surface area contributed by atoms with Crippen molar-refractivity contribution in [2.24, 2.45) is 0 Å². The Morgan fingerprint density at radius 1 is 0.900 bits per heavy atom. The van der Waals surface area contributed by atoms with Gasteiger partial charge in [0.15, 0.2) is 0 Å². The molecule has 0 N–H and O–H groups in total. The second-order valence-corrected chi connectivity index (χ2v) is 9.27. The number of sulfonamides is 1. The molecule has 5 nitrogen and oxygen atoms in total. The lowest BCUT2D eigenvalue weighted by atomic mass is 10.2.